The minimum absolute atomic E-state index is 0.514. The molecule has 0 aromatic carbocycles. The van der Waals surface area contributed by atoms with Crippen molar-refractivity contribution in [2.75, 3.05) is 7.05 Å². The summed E-state index contributed by atoms with van der Waals surface area (Å²) in [6.45, 7) is 5.81. The van der Waals surface area contributed by atoms with Gasteiger partial charge in [-0.25, -0.2) is 9.98 Å². The molecule has 0 saturated heterocycles. The maximum atomic E-state index is 12.7. The summed E-state index contributed by atoms with van der Waals surface area (Å²) >= 11 is 0. The van der Waals surface area contributed by atoms with E-state index < -0.39 is 11.5 Å². The van der Waals surface area contributed by atoms with Gasteiger partial charge in [0.25, 0.3) is 0 Å². The fourth-order valence-electron chi connectivity index (χ4n) is 0.735. The fourth-order valence-corrected chi connectivity index (χ4v) is 0.735. The maximum Gasteiger partial charge on any atom is 0.212 e. The molecule has 0 aromatic rings. The lowest BCUT2D eigenvalue weighted by Crippen LogP contribution is -2.39. The van der Waals surface area contributed by atoms with E-state index in [1.807, 2.05) is 20.8 Å². The van der Waals surface area contributed by atoms with Crippen molar-refractivity contribution in [3.63, 3.8) is 0 Å². The molecular formula is C9H16FN3. The Balaban J connectivity index is 0.000000671. The summed E-state index contributed by atoms with van der Waals surface area (Å²) in [5.41, 5.74) is -0.527. The maximum absolute atomic E-state index is 12.7. The Morgan fingerprint density at radius 1 is 1.46 bits per heavy atom. The van der Waals surface area contributed by atoms with Gasteiger partial charge in [-0.15, -0.1) is 0 Å². The van der Waals surface area contributed by atoms with Crippen LogP contribution in [0.3, 0.4) is 0 Å². The van der Waals surface area contributed by atoms with Gasteiger partial charge in [0, 0.05) is 6.21 Å². The largest absolute Gasteiger partial charge is 0.307 e. The summed E-state index contributed by atoms with van der Waals surface area (Å²) in [5, 5.41) is 2.90. The molecule has 1 aliphatic heterocycles. The van der Waals surface area contributed by atoms with Crippen LogP contribution in [0.2, 0.25) is 0 Å². The van der Waals surface area contributed by atoms with Gasteiger partial charge < -0.3 is 5.32 Å². The van der Waals surface area contributed by atoms with E-state index in [1.54, 1.807) is 13.3 Å². The van der Waals surface area contributed by atoms with E-state index >= 15 is 0 Å². The van der Waals surface area contributed by atoms with Gasteiger partial charge in [0.2, 0.25) is 5.95 Å². The number of rotatable bonds is 1. The van der Waals surface area contributed by atoms with E-state index in [1.165, 1.54) is 12.4 Å². The molecule has 3 nitrogen and oxygen atoms in total. The predicted molar refractivity (Wildman–Crippen MR) is 55.0 cm³/mol. The Morgan fingerprint density at radius 2 is 2.08 bits per heavy atom. The first-order valence-corrected chi connectivity index (χ1v) is 4.30. The molecule has 1 atom stereocenters. The number of halogens is 1. The number of hydrogen-bond donors (Lipinski definition) is 1. The van der Waals surface area contributed by atoms with E-state index in [-0.39, 0.29) is 0 Å². The monoisotopic (exact) mass is 185 g/mol. The molecule has 0 radical (unpaired) electrons. The normalized spacial score (nSPS) is 25.8. The molecular weight excluding hydrogens is 169 g/mol. The zero-order chi connectivity index (χ0) is 10.3. The van der Waals surface area contributed by atoms with Crippen molar-refractivity contribution in [1.29, 1.82) is 0 Å². The van der Waals surface area contributed by atoms with Crippen molar-refractivity contribution in [3.05, 3.63) is 12.0 Å². The van der Waals surface area contributed by atoms with E-state index in [2.05, 4.69) is 15.3 Å². The van der Waals surface area contributed by atoms with Crippen molar-refractivity contribution in [1.82, 2.24) is 5.32 Å². The summed E-state index contributed by atoms with van der Waals surface area (Å²) in [7, 11) is 1.74. The van der Waals surface area contributed by atoms with Crippen LogP contribution in [0, 0.1) is 0 Å². The Labute approximate surface area is 78.5 Å². The highest BCUT2D eigenvalue weighted by molar-refractivity contribution is 5.82. The van der Waals surface area contributed by atoms with E-state index in [4.69, 9.17) is 0 Å². The van der Waals surface area contributed by atoms with Gasteiger partial charge in [-0.05, 0) is 20.0 Å². The third-order valence-electron chi connectivity index (χ3n) is 1.55. The summed E-state index contributed by atoms with van der Waals surface area (Å²) in [6.07, 6.45) is 4.16. The van der Waals surface area contributed by atoms with Crippen LogP contribution in [0.5, 0.6) is 0 Å². The molecule has 0 fully saturated rings. The molecule has 1 rings (SSSR count). The number of nitrogens with one attached hydrogen (secondary N) is 1. The van der Waals surface area contributed by atoms with Crippen LogP contribution in [-0.2, 0) is 0 Å². The lowest BCUT2D eigenvalue weighted by molar-refractivity contribution is 0.577. The van der Waals surface area contributed by atoms with E-state index in [9.17, 15) is 4.39 Å². The Kier molecular flexibility index (Phi) is 5.14. The molecule has 74 valence electrons. The molecule has 0 saturated carbocycles. The van der Waals surface area contributed by atoms with Crippen LogP contribution in [0.4, 0.5) is 4.39 Å². The second-order valence-corrected chi connectivity index (χ2v) is 2.52. The Morgan fingerprint density at radius 3 is 2.62 bits per heavy atom. The average Bonchev–Trinajstić information content (AvgIpc) is 2.31. The molecule has 13 heavy (non-hydrogen) atoms. The van der Waals surface area contributed by atoms with E-state index in [0.29, 0.717) is 0 Å². The van der Waals surface area contributed by atoms with Crippen LogP contribution >= 0.6 is 0 Å². The van der Waals surface area contributed by atoms with Crippen molar-refractivity contribution in [3.8, 4) is 0 Å². The minimum atomic E-state index is -0.527. The summed E-state index contributed by atoms with van der Waals surface area (Å²) in [6, 6.07) is 0. The molecule has 0 spiro atoms. The lowest BCUT2D eigenvalue weighted by atomic mass is 10.1. The smallest absolute Gasteiger partial charge is 0.212 e. The first-order valence-electron chi connectivity index (χ1n) is 4.30. The van der Waals surface area contributed by atoms with Crippen molar-refractivity contribution < 1.29 is 4.39 Å². The molecule has 0 bridgehead atoms. The highest BCUT2D eigenvalue weighted by Gasteiger charge is 2.18. The molecule has 1 N–H and O–H groups in total. The zero-order valence-electron chi connectivity index (χ0n) is 8.50. The second-order valence-electron chi connectivity index (χ2n) is 2.52. The predicted octanol–water partition coefficient (Wildman–Crippen LogP) is 1.91. The van der Waals surface area contributed by atoms with Gasteiger partial charge in [-0.1, -0.05) is 13.8 Å². The average molecular weight is 185 g/mol. The second kappa shape index (κ2) is 5.59. The molecule has 0 aromatic heterocycles. The quantitative estimate of drug-likeness (QED) is 0.622. The molecule has 0 amide bonds. The first-order chi connectivity index (χ1) is 6.16. The van der Waals surface area contributed by atoms with Gasteiger partial charge in [0.05, 0.1) is 5.54 Å². The Hall–Kier alpha value is -1.03. The van der Waals surface area contributed by atoms with Crippen LogP contribution in [-0.4, -0.2) is 25.1 Å². The fraction of sp³-hybridized carbons (Fsp3) is 0.556. The van der Waals surface area contributed by atoms with E-state index in [0.717, 1.165) is 0 Å². The number of likely N-dealkylation sites (N-methyl/N-ethyl adjacent to an activating group) is 1. The molecule has 1 aliphatic rings. The minimum Gasteiger partial charge on any atom is -0.307 e. The van der Waals surface area contributed by atoms with Crippen molar-refractivity contribution in [2.45, 2.75) is 26.3 Å². The highest BCUT2D eigenvalue weighted by Crippen LogP contribution is 2.10. The summed E-state index contributed by atoms with van der Waals surface area (Å²) in [4.78, 5) is 7.17. The van der Waals surface area contributed by atoms with Gasteiger partial charge >= 0.3 is 0 Å². The number of hydrogen-bond acceptors (Lipinski definition) is 3. The highest BCUT2D eigenvalue weighted by atomic mass is 19.1. The third-order valence-corrected chi connectivity index (χ3v) is 1.55. The topological polar surface area (TPSA) is 36.8 Å². The Bertz CT molecular complexity index is 233. The third kappa shape index (κ3) is 3.94. The van der Waals surface area contributed by atoms with Crippen LogP contribution in [0.1, 0.15) is 20.8 Å². The number of nitrogens with zero attached hydrogens (tertiary/aromatic N) is 2. The summed E-state index contributed by atoms with van der Waals surface area (Å²) < 4.78 is 12.7. The van der Waals surface area contributed by atoms with Gasteiger partial charge in [-0.2, -0.15) is 4.39 Å². The van der Waals surface area contributed by atoms with Crippen LogP contribution in [0.25, 0.3) is 0 Å². The van der Waals surface area contributed by atoms with Crippen LogP contribution < -0.4 is 5.32 Å². The SMILES string of the molecule is CC.CNC1(C)C=NC=NC(F)=C1. The standard InChI is InChI=1S/C7H10FN3.C2H6/c1-7(9-2)3-6(8)11-5-10-4-7;1-2/h3-5,9H,1-2H3;1-2H3. The van der Waals surface area contributed by atoms with Gasteiger partial charge in [0.1, 0.15) is 6.34 Å². The van der Waals surface area contributed by atoms with Gasteiger partial charge in [0.15, 0.2) is 0 Å². The number of aliphatic imine (C=N–C) groups is 2. The molecule has 1 heterocycles. The van der Waals surface area contributed by atoms with Gasteiger partial charge in [-0.3, -0.25) is 0 Å². The molecule has 0 aliphatic carbocycles. The van der Waals surface area contributed by atoms with Crippen molar-refractivity contribution in [2.24, 2.45) is 9.98 Å². The zero-order valence-corrected chi connectivity index (χ0v) is 8.50. The lowest BCUT2D eigenvalue weighted by Gasteiger charge is -2.17. The molecule has 1 unspecified atom stereocenters. The summed E-state index contributed by atoms with van der Waals surface area (Å²) in [5.74, 6) is -0.514. The first kappa shape index (κ1) is 12.0. The van der Waals surface area contributed by atoms with Crippen molar-refractivity contribution >= 4 is 12.6 Å². The van der Waals surface area contributed by atoms with Crippen LogP contribution in [0.15, 0.2) is 22.0 Å². The molecule has 4 heteroatoms.